The molecule has 1 aliphatic heterocycles. The average Bonchev–Trinajstić information content (AvgIpc) is 2.77. The number of nitro benzene ring substituents is 1. The summed E-state index contributed by atoms with van der Waals surface area (Å²) in [5.74, 6) is -1.94. The van der Waals surface area contributed by atoms with E-state index in [2.05, 4.69) is 5.32 Å². The van der Waals surface area contributed by atoms with Gasteiger partial charge in [-0.25, -0.2) is 4.39 Å². The number of anilines is 1. The number of rotatable bonds is 9. The molecule has 0 aromatic heterocycles. The van der Waals surface area contributed by atoms with Gasteiger partial charge in [0.1, 0.15) is 17.0 Å². The summed E-state index contributed by atoms with van der Waals surface area (Å²) in [6.07, 6.45) is -3.62. The van der Waals surface area contributed by atoms with Crippen LogP contribution in [0.5, 0.6) is 11.5 Å². The molecule has 7 nitrogen and oxygen atoms in total. The Hall–Kier alpha value is -2.92. The molecule has 1 saturated heterocycles. The highest BCUT2D eigenvalue weighted by Crippen LogP contribution is 2.49. The van der Waals surface area contributed by atoms with Gasteiger partial charge in [0.05, 0.1) is 11.5 Å². The average molecular weight is 471 g/mol. The number of ether oxygens (including phenoxy) is 2. The zero-order valence-corrected chi connectivity index (χ0v) is 18.0. The van der Waals surface area contributed by atoms with Crippen molar-refractivity contribution in [2.45, 2.75) is 19.0 Å². The zero-order valence-electron chi connectivity index (χ0n) is 18.0. The van der Waals surface area contributed by atoms with Crippen LogP contribution < -0.4 is 15.0 Å². The molecule has 1 N–H and O–H groups in total. The van der Waals surface area contributed by atoms with Crippen molar-refractivity contribution >= 4 is 11.4 Å². The van der Waals surface area contributed by atoms with Gasteiger partial charge in [0.2, 0.25) is 0 Å². The molecule has 0 amide bonds. The molecule has 0 radical (unpaired) electrons. The number of nitrogens with one attached hydrogen (secondary N) is 1. The molecular weight excluding hydrogens is 446 g/mol. The summed E-state index contributed by atoms with van der Waals surface area (Å²) in [5, 5.41) is 14.9. The van der Waals surface area contributed by atoms with Crippen LogP contribution in [-0.4, -0.2) is 44.8 Å². The number of para-hydroxylation sites is 1. The summed E-state index contributed by atoms with van der Waals surface area (Å²) in [6.45, 7) is 2.05. The predicted molar refractivity (Wildman–Crippen MR) is 114 cm³/mol. The first kappa shape index (κ1) is 24.7. The lowest BCUT2D eigenvalue weighted by Crippen LogP contribution is -2.41. The minimum absolute atomic E-state index is 0.00700. The number of halogens is 4. The number of nitro groups is 1. The van der Waals surface area contributed by atoms with Crippen molar-refractivity contribution in [3.05, 3.63) is 57.9 Å². The Labute approximate surface area is 188 Å². The van der Waals surface area contributed by atoms with Crippen molar-refractivity contribution in [3.63, 3.8) is 0 Å². The summed E-state index contributed by atoms with van der Waals surface area (Å²) < 4.78 is 67.0. The molecule has 1 fully saturated rings. The van der Waals surface area contributed by atoms with Crippen LogP contribution in [0.3, 0.4) is 0 Å². The molecule has 33 heavy (non-hydrogen) atoms. The molecule has 2 aromatic carbocycles. The second-order valence-electron chi connectivity index (χ2n) is 7.74. The zero-order chi connectivity index (χ0) is 24.0. The first-order valence-electron chi connectivity index (χ1n) is 10.5. The SMILES string of the molecule is COCCNC[C@@H]1CCCN(c2c([N+](=O)[O-])ccc(Oc3ccccc3F)c2C(F)(F)F)C1. The maximum Gasteiger partial charge on any atom is 0.422 e. The first-order chi connectivity index (χ1) is 15.7. The molecule has 0 saturated carbocycles. The third kappa shape index (κ3) is 6.11. The molecule has 180 valence electrons. The molecule has 3 rings (SSSR count). The van der Waals surface area contributed by atoms with E-state index in [9.17, 15) is 27.7 Å². The molecule has 2 aromatic rings. The highest BCUT2D eigenvalue weighted by Gasteiger charge is 2.43. The summed E-state index contributed by atoms with van der Waals surface area (Å²) in [5.41, 5.74) is -2.51. The van der Waals surface area contributed by atoms with E-state index in [1.54, 1.807) is 7.11 Å². The Bertz CT molecular complexity index is 971. The van der Waals surface area contributed by atoms with E-state index in [0.29, 0.717) is 26.1 Å². The van der Waals surface area contributed by atoms with Crippen molar-refractivity contribution < 1.29 is 32.0 Å². The van der Waals surface area contributed by atoms with Gasteiger partial charge in [-0.3, -0.25) is 10.1 Å². The van der Waals surface area contributed by atoms with E-state index in [4.69, 9.17) is 9.47 Å². The molecule has 11 heteroatoms. The number of hydrogen-bond donors (Lipinski definition) is 1. The molecular formula is C22H25F4N3O4. The Morgan fingerprint density at radius 2 is 1.97 bits per heavy atom. The third-order valence-electron chi connectivity index (χ3n) is 5.41. The van der Waals surface area contributed by atoms with Gasteiger partial charge < -0.3 is 19.7 Å². The number of alkyl halides is 3. The van der Waals surface area contributed by atoms with Gasteiger partial charge in [-0.05, 0) is 43.5 Å². The Morgan fingerprint density at radius 1 is 1.21 bits per heavy atom. The second-order valence-corrected chi connectivity index (χ2v) is 7.74. The minimum atomic E-state index is -4.97. The van der Waals surface area contributed by atoms with E-state index in [0.717, 1.165) is 24.6 Å². The largest absolute Gasteiger partial charge is 0.454 e. The molecule has 1 atom stereocenters. The maximum absolute atomic E-state index is 14.2. The number of benzene rings is 2. The van der Waals surface area contributed by atoms with Crippen LogP contribution in [-0.2, 0) is 10.9 Å². The fraction of sp³-hybridized carbons (Fsp3) is 0.455. The van der Waals surface area contributed by atoms with E-state index in [1.165, 1.54) is 23.1 Å². The van der Waals surface area contributed by atoms with Gasteiger partial charge in [0, 0.05) is 32.8 Å². The quantitative estimate of drug-likeness (QED) is 0.240. The van der Waals surface area contributed by atoms with Crippen LogP contribution in [0.2, 0.25) is 0 Å². The van der Waals surface area contributed by atoms with Crippen molar-refractivity contribution in [2.75, 3.05) is 44.8 Å². The van der Waals surface area contributed by atoms with Crippen LogP contribution in [0.4, 0.5) is 28.9 Å². The molecule has 1 aliphatic rings. The van der Waals surface area contributed by atoms with Crippen molar-refractivity contribution in [1.29, 1.82) is 0 Å². The van der Waals surface area contributed by atoms with Gasteiger partial charge in [-0.15, -0.1) is 0 Å². The lowest BCUT2D eigenvalue weighted by atomic mass is 9.96. The standard InChI is InChI=1S/C22H25F4N3O4/c1-32-12-10-27-13-15-5-4-11-28(14-15)21-17(29(30)31)8-9-19(20(21)22(24,25)26)33-18-7-3-2-6-16(18)23/h2-3,6-9,15,27H,4-5,10-14H2,1H3/t15-/m0/s1. The monoisotopic (exact) mass is 471 g/mol. The predicted octanol–water partition coefficient (Wildman–Crippen LogP) is 5.00. The normalized spacial score (nSPS) is 16.6. The Morgan fingerprint density at radius 3 is 2.64 bits per heavy atom. The topological polar surface area (TPSA) is 76.9 Å². The molecule has 0 bridgehead atoms. The Balaban J connectivity index is 2.01. The summed E-state index contributed by atoms with van der Waals surface area (Å²) in [4.78, 5) is 12.2. The number of nitrogens with zero attached hydrogens (tertiary/aromatic N) is 2. The van der Waals surface area contributed by atoms with E-state index < -0.39 is 45.4 Å². The summed E-state index contributed by atoms with van der Waals surface area (Å²) in [6, 6.07) is 6.89. The van der Waals surface area contributed by atoms with Crippen LogP contribution in [0.25, 0.3) is 0 Å². The summed E-state index contributed by atoms with van der Waals surface area (Å²) >= 11 is 0. The van der Waals surface area contributed by atoms with Gasteiger partial charge >= 0.3 is 6.18 Å². The molecule has 0 aliphatic carbocycles. The van der Waals surface area contributed by atoms with E-state index in [1.807, 2.05) is 0 Å². The first-order valence-corrected chi connectivity index (χ1v) is 10.5. The fourth-order valence-corrected chi connectivity index (χ4v) is 3.95. The minimum Gasteiger partial charge on any atom is -0.454 e. The highest BCUT2D eigenvalue weighted by molar-refractivity contribution is 5.73. The van der Waals surface area contributed by atoms with Gasteiger partial charge in [-0.2, -0.15) is 13.2 Å². The smallest absolute Gasteiger partial charge is 0.422 e. The van der Waals surface area contributed by atoms with Gasteiger partial charge in [0.25, 0.3) is 5.69 Å². The fourth-order valence-electron chi connectivity index (χ4n) is 3.95. The lowest BCUT2D eigenvalue weighted by molar-refractivity contribution is -0.384. The van der Waals surface area contributed by atoms with E-state index >= 15 is 0 Å². The van der Waals surface area contributed by atoms with Crippen LogP contribution in [0.1, 0.15) is 18.4 Å². The molecule has 1 heterocycles. The second kappa shape index (κ2) is 10.8. The van der Waals surface area contributed by atoms with Crippen LogP contribution >= 0.6 is 0 Å². The number of methoxy groups -OCH3 is 1. The van der Waals surface area contributed by atoms with Crippen molar-refractivity contribution in [2.24, 2.45) is 5.92 Å². The Kier molecular flexibility index (Phi) is 8.09. The highest BCUT2D eigenvalue weighted by atomic mass is 19.4. The number of hydrogen-bond acceptors (Lipinski definition) is 6. The van der Waals surface area contributed by atoms with Crippen molar-refractivity contribution in [3.8, 4) is 11.5 Å². The van der Waals surface area contributed by atoms with Gasteiger partial charge in [-0.1, -0.05) is 12.1 Å². The van der Waals surface area contributed by atoms with Gasteiger partial charge in [0.15, 0.2) is 11.6 Å². The van der Waals surface area contributed by atoms with E-state index in [-0.39, 0.29) is 19.0 Å². The van der Waals surface area contributed by atoms with Crippen LogP contribution in [0.15, 0.2) is 36.4 Å². The number of piperidine rings is 1. The van der Waals surface area contributed by atoms with Crippen LogP contribution in [0, 0.1) is 21.8 Å². The summed E-state index contributed by atoms with van der Waals surface area (Å²) in [7, 11) is 1.57. The lowest BCUT2D eigenvalue weighted by Gasteiger charge is -2.35. The molecule has 0 spiro atoms. The molecule has 0 unspecified atom stereocenters. The third-order valence-corrected chi connectivity index (χ3v) is 5.41. The van der Waals surface area contributed by atoms with Crippen molar-refractivity contribution in [1.82, 2.24) is 5.32 Å². The maximum atomic E-state index is 14.2.